The Morgan fingerprint density at radius 2 is 1.81 bits per heavy atom. The van der Waals surface area contributed by atoms with Crippen LogP contribution in [0.5, 0.6) is 0 Å². The fourth-order valence-corrected chi connectivity index (χ4v) is 3.29. The second-order valence-corrected chi connectivity index (χ2v) is 6.38. The van der Waals surface area contributed by atoms with E-state index in [2.05, 4.69) is 15.3 Å². The fraction of sp³-hybridized carbons (Fsp3) is 0.143. The molecular weight excluding hydrogens is 342 g/mol. The average molecular weight is 361 g/mol. The quantitative estimate of drug-likeness (QED) is 0.477. The molecule has 0 saturated heterocycles. The maximum absolute atomic E-state index is 12.7. The van der Waals surface area contributed by atoms with Crippen molar-refractivity contribution in [2.75, 3.05) is 7.11 Å². The van der Waals surface area contributed by atoms with Gasteiger partial charge < -0.3 is 20.0 Å². The number of nitrogens with one attached hydrogen (secondary N) is 3. The highest BCUT2D eigenvalue weighted by Crippen LogP contribution is 2.20. The van der Waals surface area contributed by atoms with Gasteiger partial charge in [0, 0.05) is 34.4 Å². The van der Waals surface area contributed by atoms with E-state index >= 15 is 0 Å². The first kappa shape index (κ1) is 16.9. The number of rotatable bonds is 5. The summed E-state index contributed by atoms with van der Waals surface area (Å²) in [6, 6.07) is 16.4. The van der Waals surface area contributed by atoms with Crippen LogP contribution in [0.15, 0.2) is 60.8 Å². The Bertz CT molecular complexity index is 1090. The van der Waals surface area contributed by atoms with Gasteiger partial charge in [0.25, 0.3) is 5.91 Å². The molecule has 0 aliphatic rings. The minimum atomic E-state index is -0.784. The molecule has 6 heteroatoms. The van der Waals surface area contributed by atoms with Crippen molar-refractivity contribution in [3.63, 3.8) is 0 Å². The summed E-state index contributed by atoms with van der Waals surface area (Å²) in [4.78, 5) is 31.2. The van der Waals surface area contributed by atoms with Gasteiger partial charge in [-0.25, -0.2) is 4.79 Å². The summed E-state index contributed by atoms with van der Waals surface area (Å²) < 4.78 is 4.89. The number of esters is 1. The molecule has 0 spiro atoms. The molecule has 0 fully saturated rings. The van der Waals surface area contributed by atoms with E-state index in [9.17, 15) is 9.59 Å². The molecule has 136 valence electrons. The van der Waals surface area contributed by atoms with Crippen LogP contribution in [0.1, 0.15) is 16.1 Å². The number of amides is 1. The van der Waals surface area contributed by atoms with Crippen molar-refractivity contribution in [2.45, 2.75) is 12.5 Å². The maximum atomic E-state index is 12.7. The van der Waals surface area contributed by atoms with Crippen molar-refractivity contribution in [1.82, 2.24) is 15.3 Å². The molecule has 27 heavy (non-hydrogen) atoms. The highest BCUT2D eigenvalue weighted by atomic mass is 16.5. The van der Waals surface area contributed by atoms with Gasteiger partial charge in [0.05, 0.1) is 7.11 Å². The third kappa shape index (κ3) is 3.29. The summed E-state index contributed by atoms with van der Waals surface area (Å²) in [5, 5.41) is 4.75. The predicted octanol–water partition coefficient (Wildman–Crippen LogP) is 3.16. The van der Waals surface area contributed by atoms with E-state index in [0.717, 1.165) is 27.4 Å². The second-order valence-electron chi connectivity index (χ2n) is 6.38. The number of hydrogen-bond donors (Lipinski definition) is 3. The van der Waals surface area contributed by atoms with E-state index < -0.39 is 12.0 Å². The zero-order valence-electron chi connectivity index (χ0n) is 14.8. The van der Waals surface area contributed by atoms with E-state index in [-0.39, 0.29) is 5.91 Å². The molecule has 0 aliphatic heterocycles. The van der Waals surface area contributed by atoms with Gasteiger partial charge in [-0.15, -0.1) is 0 Å². The summed E-state index contributed by atoms with van der Waals surface area (Å²) in [6.07, 6.45) is 2.19. The van der Waals surface area contributed by atoms with Crippen molar-refractivity contribution in [1.29, 1.82) is 0 Å². The lowest BCUT2D eigenvalue weighted by atomic mass is 10.0. The third-order valence-corrected chi connectivity index (χ3v) is 4.66. The van der Waals surface area contributed by atoms with Crippen molar-refractivity contribution in [2.24, 2.45) is 0 Å². The molecule has 6 nitrogen and oxygen atoms in total. The molecule has 0 bridgehead atoms. The van der Waals surface area contributed by atoms with Crippen LogP contribution in [-0.4, -0.2) is 35.0 Å². The van der Waals surface area contributed by atoms with Crippen LogP contribution < -0.4 is 5.32 Å². The Kier molecular flexibility index (Phi) is 4.38. The van der Waals surface area contributed by atoms with E-state index in [1.807, 2.05) is 54.7 Å². The fourth-order valence-electron chi connectivity index (χ4n) is 3.29. The normalized spacial score (nSPS) is 12.2. The van der Waals surface area contributed by atoms with Crippen LogP contribution in [0.2, 0.25) is 0 Å². The Labute approximate surface area is 155 Å². The molecule has 2 aromatic carbocycles. The lowest BCUT2D eigenvalue weighted by molar-refractivity contribution is -0.142. The summed E-state index contributed by atoms with van der Waals surface area (Å²) in [5.74, 6) is -0.828. The van der Waals surface area contributed by atoms with Gasteiger partial charge in [0.1, 0.15) is 11.7 Å². The number of benzene rings is 2. The molecule has 4 aromatic rings. The number of fused-ring (bicyclic) bond motifs is 2. The monoisotopic (exact) mass is 361 g/mol. The molecule has 0 aliphatic carbocycles. The molecule has 0 radical (unpaired) electrons. The van der Waals surface area contributed by atoms with Crippen LogP contribution >= 0.6 is 0 Å². The van der Waals surface area contributed by atoms with Gasteiger partial charge in [-0.3, -0.25) is 4.79 Å². The summed E-state index contributed by atoms with van der Waals surface area (Å²) in [7, 11) is 1.32. The Morgan fingerprint density at radius 3 is 2.59 bits per heavy atom. The highest BCUT2D eigenvalue weighted by molar-refractivity contribution is 5.99. The molecule has 4 rings (SSSR count). The molecule has 1 amide bonds. The zero-order valence-corrected chi connectivity index (χ0v) is 14.8. The lowest BCUT2D eigenvalue weighted by Crippen LogP contribution is -2.43. The number of hydrogen-bond acceptors (Lipinski definition) is 3. The van der Waals surface area contributed by atoms with E-state index in [1.165, 1.54) is 7.11 Å². The van der Waals surface area contributed by atoms with Crippen LogP contribution in [0.4, 0.5) is 0 Å². The molecule has 0 unspecified atom stereocenters. The van der Waals surface area contributed by atoms with E-state index in [1.54, 1.807) is 6.07 Å². The van der Waals surface area contributed by atoms with Crippen LogP contribution in [0.25, 0.3) is 21.8 Å². The first-order valence-electron chi connectivity index (χ1n) is 8.67. The Balaban J connectivity index is 1.58. The minimum Gasteiger partial charge on any atom is -0.467 e. The maximum Gasteiger partial charge on any atom is 0.328 e. The predicted molar refractivity (Wildman–Crippen MR) is 104 cm³/mol. The third-order valence-electron chi connectivity index (χ3n) is 4.66. The number of para-hydroxylation sites is 2. The van der Waals surface area contributed by atoms with E-state index in [0.29, 0.717) is 12.1 Å². The van der Waals surface area contributed by atoms with Crippen LogP contribution in [-0.2, 0) is 16.0 Å². The van der Waals surface area contributed by atoms with Gasteiger partial charge >= 0.3 is 5.97 Å². The largest absolute Gasteiger partial charge is 0.467 e. The molecule has 2 aromatic heterocycles. The Morgan fingerprint density at radius 1 is 1.07 bits per heavy atom. The van der Waals surface area contributed by atoms with Gasteiger partial charge in [0.2, 0.25) is 0 Å². The smallest absolute Gasteiger partial charge is 0.328 e. The Hall–Kier alpha value is -3.54. The number of ether oxygens (including phenoxy) is 1. The second kappa shape index (κ2) is 6.99. The van der Waals surface area contributed by atoms with Gasteiger partial charge in [0.15, 0.2) is 0 Å². The van der Waals surface area contributed by atoms with Crippen LogP contribution in [0, 0.1) is 0 Å². The number of carbonyl (C=O) groups is 2. The zero-order chi connectivity index (χ0) is 18.8. The summed E-state index contributed by atoms with van der Waals surface area (Å²) >= 11 is 0. The molecule has 3 N–H and O–H groups in total. The number of carbonyl (C=O) groups excluding carboxylic acids is 2. The molecule has 2 heterocycles. The molecular formula is C21H19N3O3. The first-order valence-corrected chi connectivity index (χ1v) is 8.67. The summed E-state index contributed by atoms with van der Waals surface area (Å²) in [5.41, 5.74) is 3.20. The van der Waals surface area contributed by atoms with Gasteiger partial charge in [-0.05, 0) is 23.8 Å². The topological polar surface area (TPSA) is 87.0 Å². The van der Waals surface area contributed by atoms with E-state index in [4.69, 9.17) is 4.74 Å². The SMILES string of the molecule is COC(=O)[C@@H](Cc1c[nH]c2ccccc12)NC(=O)c1cc2ccccc2[nH]1. The number of aromatic amines is 2. The minimum absolute atomic E-state index is 0.336. The van der Waals surface area contributed by atoms with Gasteiger partial charge in [-0.1, -0.05) is 36.4 Å². The van der Waals surface area contributed by atoms with Crippen LogP contribution in [0.3, 0.4) is 0 Å². The van der Waals surface area contributed by atoms with Crippen molar-refractivity contribution < 1.29 is 14.3 Å². The number of methoxy groups -OCH3 is 1. The molecule has 1 atom stereocenters. The average Bonchev–Trinajstić information content (AvgIpc) is 3.31. The highest BCUT2D eigenvalue weighted by Gasteiger charge is 2.24. The van der Waals surface area contributed by atoms with Crippen molar-refractivity contribution in [3.8, 4) is 0 Å². The summed E-state index contributed by atoms with van der Waals surface area (Å²) in [6.45, 7) is 0. The number of H-pyrrole nitrogens is 2. The molecule has 0 saturated carbocycles. The first-order chi connectivity index (χ1) is 13.2. The van der Waals surface area contributed by atoms with Gasteiger partial charge in [-0.2, -0.15) is 0 Å². The standard InChI is InChI=1S/C21H19N3O3/c1-27-21(26)19(11-14-12-22-17-9-5-3-7-15(14)17)24-20(25)18-10-13-6-2-4-8-16(13)23-18/h2-10,12,19,22-23H,11H2,1H3,(H,24,25)/t19-/m1/s1. The van der Waals surface area contributed by atoms with Crippen molar-refractivity contribution >= 4 is 33.7 Å². The number of aromatic nitrogens is 2. The lowest BCUT2D eigenvalue weighted by Gasteiger charge is -2.15. The van der Waals surface area contributed by atoms with Crippen molar-refractivity contribution in [3.05, 3.63) is 72.1 Å².